The Morgan fingerprint density at radius 1 is 0.822 bits per heavy atom. The summed E-state index contributed by atoms with van der Waals surface area (Å²) in [5.41, 5.74) is 5.94. The van der Waals surface area contributed by atoms with Crippen molar-refractivity contribution in [3.8, 4) is 0 Å². The van der Waals surface area contributed by atoms with Crippen molar-refractivity contribution in [3.63, 3.8) is 0 Å². The van der Waals surface area contributed by atoms with Crippen LogP contribution in [0.15, 0.2) is 114 Å². The summed E-state index contributed by atoms with van der Waals surface area (Å²) in [6, 6.07) is 27.4. The van der Waals surface area contributed by atoms with Crippen LogP contribution in [-0.2, 0) is 4.84 Å². The zero-order valence-corrected chi connectivity index (χ0v) is 27.9. The van der Waals surface area contributed by atoms with Crippen LogP contribution in [0.4, 0.5) is 11.4 Å². The topological polar surface area (TPSA) is 83.4 Å². The third kappa shape index (κ3) is 7.50. The fraction of sp³-hybridized carbons (Fsp3) is 0.200. The number of hydrogen-bond acceptors (Lipinski definition) is 7. The molecule has 0 atom stereocenters. The zero-order valence-electron chi connectivity index (χ0n) is 25.5. The van der Waals surface area contributed by atoms with Crippen molar-refractivity contribution < 1.29 is 14.4 Å². The van der Waals surface area contributed by atoms with E-state index in [4.69, 9.17) is 21.4 Å². The number of nitrogens with one attached hydrogen (secondary N) is 1. The normalized spacial score (nSPS) is 12.7. The molecule has 4 aromatic carbocycles. The van der Waals surface area contributed by atoms with Gasteiger partial charge in [0.15, 0.2) is 0 Å². The van der Waals surface area contributed by atoms with E-state index >= 15 is 0 Å². The van der Waals surface area contributed by atoms with E-state index in [0.29, 0.717) is 22.0 Å². The molecule has 10 heteroatoms. The van der Waals surface area contributed by atoms with Crippen LogP contribution in [0.3, 0.4) is 0 Å². The maximum atomic E-state index is 12.2. The Balaban J connectivity index is 0.000000178. The average molecular weight is 657 g/mol. The highest BCUT2D eigenvalue weighted by Gasteiger charge is 2.20. The Hall–Kier alpha value is -3.89. The number of benzene rings is 4. The predicted molar refractivity (Wildman–Crippen MR) is 184 cm³/mol. The highest BCUT2D eigenvalue weighted by molar-refractivity contribution is 7.99. The Labute approximate surface area is 277 Å². The van der Waals surface area contributed by atoms with Crippen molar-refractivity contribution in [3.05, 3.63) is 107 Å². The molecule has 4 aromatic rings. The molecule has 7 nitrogen and oxygen atoms in total. The van der Waals surface area contributed by atoms with Crippen LogP contribution in [0, 0.1) is 0 Å². The van der Waals surface area contributed by atoms with Gasteiger partial charge in [-0.25, -0.2) is 10.1 Å². The monoisotopic (exact) mass is 656 g/mol. The van der Waals surface area contributed by atoms with Gasteiger partial charge in [-0.2, -0.15) is 0 Å². The van der Waals surface area contributed by atoms with Crippen LogP contribution < -0.4 is 5.32 Å². The third-order valence-corrected chi connectivity index (χ3v) is 9.77. The summed E-state index contributed by atoms with van der Waals surface area (Å²) in [6.45, 7) is 2.19. The number of carbonyl (C=O) groups is 2. The van der Waals surface area contributed by atoms with Crippen molar-refractivity contribution in [1.82, 2.24) is 10.4 Å². The van der Waals surface area contributed by atoms with E-state index in [1.807, 2.05) is 48.5 Å². The van der Waals surface area contributed by atoms with Crippen molar-refractivity contribution in [2.75, 3.05) is 21.2 Å². The van der Waals surface area contributed by atoms with Crippen molar-refractivity contribution in [2.45, 2.75) is 45.8 Å². The van der Waals surface area contributed by atoms with Gasteiger partial charge < -0.3 is 5.32 Å². The Morgan fingerprint density at radius 2 is 1.40 bits per heavy atom. The van der Waals surface area contributed by atoms with Crippen molar-refractivity contribution in [1.29, 1.82) is 0 Å². The van der Waals surface area contributed by atoms with E-state index in [-0.39, 0.29) is 11.8 Å². The van der Waals surface area contributed by atoms with Gasteiger partial charge in [-0.05, 0) is 61.4 Å². The molecule has 2 aliphatic rings. The van der Waals surface area contributed by atoms with Gasteiger partial charge in [-0.15, -0.1) is 0 Å². The minimum atomic E-state index is -0.233. The van der Waals surface area contributed by atoms with Gasteiger partial charge in [0.05, 0.1) is 18.5 Å². The Bertz CT molecular complexity index is 1810. The molecule has 2 heterocycles. The fourth-order valence-electron chi connectivity index (χ4n) is 4.73. The van der Waals surface area contributed by atoms with Gasteiger partial charge in [-0.3, -0.25) is 19.4 Å². The molecule has 0 fully saturated rings. The summed E-state index contributed by atoms with van der Waals surface area (Å²) in [7, 11) is 4.66. The molecular weight excluding hydrogens is 624 g/mol. The molecule has 0 spiro atoms. The largest absolute Gasteiger partial charge is 0.355 e. The van der Waals surface area contributed by atoms with Crippen LogP contribution >= 0.6 is 35.1 Å². The molecule has 0 radical (unpaired) electrons. The first-order valence-corrected chi connectivity index (χ1v) is 16.5. The van der Waals surface area contributed by atoms with E-state index in [1.54, 1.807) is 49.8 Å². The quantitative estimate of drug-likeness (QED) is 0.210. The fourth-order valence-corrected chi connectivity index (χ4v) is 7.07. The van der Waals surface area contributed by atoms with Crippen LogP contribution in [0.5, 0.6) is 0 Å². The van der Waals surface area contributed by atoms with E-state index in [1.165, 1.54) is 22.6 Å². The van der Waals surface area contributed by atoms with Crippen molar-refractivity contribution >= 4 is 69.2 Å². The highest BCUT2D eigenvalue weighted by atomic mass is 35.5. The number of halogens is 1. The molecule has 2 aliphatic heterocycles. The van der Waals surface area contributed by atoms with Gasteiger partial charge in [0, 0.05) is 61.6 Å². The van der Waals surface area contributed by atoms with E-state index in [0.717, 1.165) is 50.9 Å². The second kappa shape index (κ2) is 14.9. The van der Waals surface area contributed by atoms with Gasteiger partial charge >= 0.3 is 0 Å². The summed E-state index contributed by atoms with van der Waals surface area (Å²) in [5.74, 6) is -0.312. The van der Waals surface area contributed by atoms with Gasteiger partial charge in [0.1, 0.15) is 5.17 Å². The molecule has 6 rings (SSSR count). The molecule has 45 heavy (non-hydrogen) atoms. The number of aliphatic imine (C=N–C) groups is 2. The van der Waals surface area contributed by atoms with E-state index < -0.39 is 0 Å². The van der Waals surface area contributed by atoms with Crippen LogP contribution in [-0.4, -0.2) is 49.0 Å². The van der Waals surface area contributed by atoms with Crippen LogP contribution in [0.2, 0.25) is 0 Å². The summed E-state index contributed by atoms with van der Waals surface area (Å²) >= 11 is 9.63. The smallest absolute Gasteiger partial charge is 0.277 e. The lowest BCUT2D eigenvalue weighted by atomic mass is 10.0. The number of fused-ring (bicyclic) bond motifs is 4. The number of rotatable bonds is 6. The molecule has 0 unspecified atom stereocenters. The Morgan fingerprint density at radius 3 is 2.04 bits per heavy atom. The molecule has 230 valence electrons. The van der Waals surface area contributed by atoms with Crippen LogP contribution in [0.25, 0.3) is 0 Å². The summed E-state index contributed by atoms with van der Waals surface area (Å²) in [5, 5.41) is 4.27. The van der Waals surface area contributed by atoms with Gasteiger partial charge in [-0.1, -0.05) is 84.9 Å². The summed E-state index contributed by atoms with van der Waals surface area (Å²) in [6.07, 6.45) is 3.21. The molecule has 1 N–H and O–H groups in total. The van der Waals surface area contributed by atoms with E-state index in [9.17, 15) is 9.59 Å². The first-order chi connectivity index (χ1) is 21.8. The number of hydroxylamine groups is 2. The third-order valence-electron chi connectivity index (χ3n) is 7.20. The van der Waals surface area contributed by atoms with Gasteiger partial charge in [0.25, 0.3) is 11.8 Å². The molecular formula is C35H33ClN4O3S2. The number of nitrogens with zero attached hydrogens (tertiary/aromatic N) is 3. The maximum Gasteiger partial charge on any atom is 0.277 e. The predicted octanol–water partition coefficient (Wildman–Crippen LogP) is 8.92. The standard InChI is InChI=1S/C19H20N2OS.C16H13ClN2O2S/c1-3-4-8-15-14-7-5-6-9-17(14)23-18-11-10-13(19(22)20-2)12-16(18)21-15;1-19(21-2)16(20)10-7-8-14-12(9-10)18-15(17)11-5-3-4-6-13(11)22-14/h5-7,9-12H,3-4,8H2,1-2H3,(H,20,22);3-9H,1-2H3. The molecule has 2 amide bonds. The lowest BCUT2D eigenvalue weighted by molar-refractivity contribution is -0.0756. The van der Waals surface area contributed by atoms with Crippen molar-refractivity contribution in [2.24, 2.45) is 9.98 Å². The lowest BCUT2D eigenvalue weighted by Gasteiger charge is -2.14. The number of hydrogen-bond donors (Lipinski definition) is 1. The van der Waals surface area contributed by atoms with E-state index in [2.05, 4.69) is 41.5 Å². The van der Waals surface area contributed by atoms with Crippen LogP contribution in [0.1, 0.15) is 58.0 Å². The molecule has 0 aromatic heterocycles. The minimum Gasteiger partial charge on any atom is -0.355 e. The SMILES string of the molecule is CCCCC1=Nc2cc(C(=O)NC)ccc2Sc2ccccc21.CON(C)C(=O)c1ccc2c(c1)N=C(Cl)c1ccccc1S2. The Kier molecular flexibility index (Phi) is 10.8. The van der Waals surface area contributed by atoms with Gasteiger partial charge in [0.2, 0.25) is 0 Å². The first kappa shape index (κ1) is 32.5. The second-order valence-electron chi connectivity index (χ2n) is 10.2. The first-order valence-electron chi connectivity index (χ1n) is 14.5. The molecule has 0 bridgehead atoms. The number of unbranched alkanes of at least 4 members (excludes halogenated alkanes) is 1. The molecule has 0 saturated carbocycles. The minimum absolute atomic E-state index is 0.0788. The average Bonchev–Trinajstić information content (AvgIpc) is 3.32. The summed E-state index contributed by atoms with van der Waals surface area (Å²) in [4.78, 5) is 42.7. The summed E-state index contributed by atoms with van der Waals surface area (Å²) < 4.78 is 0. The second-order valence-corrected chi connectivity index (χ2v) is 12.7. The lowest BCUT2D eigenvalue weighted by Crippen LogP contribution is -2.25. The molecule has 0 aliphatic carbocycles. The molecule has 0 saturated heterocycles. The highest BCUT2D eigenvalue weighted by Crippen LogP contribution is 2.42. The number of amides is 2. The maximum absolute atomic E-state index is 12.2. The number of carbonyl (C=O) groups excluding carboxylic acids is 2. The zero-order chi connectivity index (χ0) is 31.9.